The van der Waals surface area contributed by atoms with Crippen LogP contribution < -0.4 is 5.43 Å². The number of nitrogens with one attached hydrogen (secondary N) is 1. The van der Waals surface area contributed by atoms with Crippen LogP contribution in [-0.4, -0.2) is 12.3 Å². The van der Waals surface area contributed by atoms with E-state index < -0.39 is 6.09 Å². The van der Waals surface area contributed by atoms with Gasteiger partial charge >= 0.3 is 6.09 Å². The van der Waals surface area contributed by atoms with E-state index in [1.807, 2.05) is 30.3 Å². The van der Waals surface area contributed by atoms with E-state index in [1.165, 1.54) is 12.8 Å². The van der Waals surface area contributed by atoms with Gasteiger partial charge in [-0.15, -0.1) is 0 Å². The van der Waals surface area contributed by atoms with E-state index in [1.54, 1.807) is 6.21 Å². The first kappa shape index (κ1) is 16.2. The fraction of sp³-hybridized carbons (Fsp3) is 0.500. The summed E-state index contributed by atoms with van der Waals surface area (Å²) in [5, 5.41) is 3.90. The first-order chi connectivity index (χ1) is 9.76. The van der Waals surface area contributed by atoms with Crippen molar-refractivity contribution >= 4 is 12.3 Å². The highest BCUT2D eigenvalue weighted by Gasteiger charge is 2.03. The molecule has 0 aliphatic carbocycles. The third-order valence-corrected chi connectivity index (χ3v) is 3.17. The minimum absolute atomic E-state index is 0. The molecule has 0 bridgehead atoms. The number of nitrogens with zero attached hydrogens (tertiary/aromatic N) is 1. The van der Waals surface area contributed by atoms with Crippen molar-refractivity contribution in [3.63, 3.8) is 0 Å². The van der Waals surface area contributed by atoms with Crippen LogP contribution in [0.2, 0.25) is 0 Å². The molecular formula is C16H26N2O2. The van der Waals surface area contributed by atoms with Crippen LogP contribution in [0.5, 0.6) is 0 Å². The van der Waals surface area contributed by atoms with Gasteiger partial charge in [-0.2, -0.15) is 5.10 Å². The molecule has 1 atom stereocenters. The van der Waals surface area contributed by atoms with Crippen molar-refractivity contribution in [3.05, 3.63) is 35.9 Å². The van der Waals surface area contributed by atoms with Crippen molar-refractivity contribution < 1.29 is 11.0 Å². The van der Waals surface area contributed by atoms with Crippen LogP contribution in [0, 0.1) is 5.92 Å². The van der Waals surface area contributed by atoms with E-state index in [0.717, 1.165) is 18.4 Å². The predicted octanol–water partition coefficient (Wildman–Crippen LogP) is 4.36. The van der Waals surface area contributed by atoms with E-state index in [4.69, 9.17) is 4.74 Å². The topological polar surface area (TPSA) is 50.7 Å². The largest absolute Gasteiger partial charge is 0.443 e. The van der Waals surface area contributed by atoms with Crippen molar-refractivity contribution in [1.82, 2.24) is 5.43 Å². The zero-order valence-corrected chi connectivity index (χ0v) is 12.3. The van der Waals surface area contributed by atoms with Gasteiger partial charge in [0.1, 0.15) is 6.61 Å². The van der Waals surface area contributed by atoms with E-state index in [9.17, 15) is 4.79 Å². The maximum Gasteiger partial charge on any atom is 0.428 e. The predicted molar refractivity (Wildman–Crippen MR) is 83.7 cm³/mol. The number of rotatable bonds is 8. The van der Waals surface area contributed by atoms with Gasteiger partial charge in [-0.05, 0) is 17.9 Å². The van der Waals surface area contributed by atoms with Gasteiger partial charge in [-0.3, -0.25) is 0 Å². The van der Waals surface area contributed by atoms with E-state index in [-0.39, 0.29) is 8.03 Å². The van der Waals surface area contributed by atoms with Crippen LogP contribution in [0.3, 0.4) is 0 Å². The van der Waals surface area contributed by atoms with Gasteiger partial charge in [-0.1, -0.05) is 63.4 Å². The molecule has 4 nitrogen and oxygen atoms in total. The van der Waals surface area contributed by atoms with Gasteiger partial charge in [-0.25, -0.2) is 10.2 Å². The highest BCUT2D eigenvalue weighted by Crippen LogP contribution is 2.13. The van der Waals surface area contributed by atoms with Crippen molar-refractivity contribution in [2.75, 3.05) is 0 Å². The summed E-state index contributed by atoms with van der Waals surface area (Å²) in [6, 6.07) is 9.56. The molecule has 0 aromatic heterocycles. The van der Waals surface area contributed by atoms with Crippen molar-refractivity contribution in [2.24, 2.45) is 11.0 Å². The van der Waals surface area contributed by atoms with Crippen LogP contribution in [0.25, 0.3) is 0 Å². The lowest BCUT2D eigenvalue weighted by molar-refractivity contribution is 0.140. The molecule has 0 aliphatic heterocycles. The maximum atomic E-state index is 11.4. The molecule has 1 N–H and O–H groups in total. The molecule has 1 amide bonds. The monoisotopic (exact) mass is 278 g/mol. The summed E-state index contributed by atoms with van der Waals surface area (Å²) in [5.41, 5.74) is 3.34. The van der Waals surface area contributed by atoms with E-state index in [0.29, 0.717) is 5.92 Å². The first-order valence-corrected chi connectivity index (χ1v) is 7.24. The van der Waals surface area contributed by atoms with Crippen molar-refractivity contribution in [1.29, 1.82) is 0 Å². The highest BCUT2D eigenvalue weighted by molar-refractivity contribution is 5.69. The van der Waals surface area contributed by atoms with Gasteiger partial charge in [0, 0.05) is 7.64 Å². The second-order valence-corrected chi connectivity index (χ2v) is 4.78. The SMILES string of the molecule is CCCC(CC)C/C=N/NC(=O)OCc1ccccc1.[HH]. The first-order valence-electron chi connectivity index (χ1n) is 7.24. The second-order valence-electron chi connectivity index (χ2n) is 4.78. The number of amides is 1. The molecule has 0 aliphatic rings. The van der Waals surface area contributed by atoms with Crippen LogP contribution >= 0.6 is 0 Å². The maximum absolute atomic E-state index is 11.4. The van der Waals surface area contributed by atoms with Crippen LogP contribution in [0.1, 0.15) is 46.5 Å². The van der Waals surface area contributed by atoms with Gasteiger partial charge in [0.25, 0.3) is 0 Å². The van der Waals surface area contributed by atoms with Crippen LogP contribution in [0.15, 0.2) is 35.4 Å². The summed E-state index contributed by atoms with van der Waals surface area (Å²) in [6.45, 7) is 4.62. The number of ether oxygens (including phenoxy) is 1. The Balaban J connectivity index is 0.00000400. The third kappa shape index (κ3) is 6.92. The van der Waals surface area contributed by atoms with Crippen molar-refractivity contribution in [3.8, 4) is 0 Å². The molecule has 0 saturated carbocycles. The summed E-state index contributed by atoms with van der Waals surface area (Å²) < 4.78 is 5.05. The second kappa shape index (κ2) is 10.0. The lowest BCUT2D eigenvalue weighted by Gasteiger charge is -2.09. The third-order valence-electron chi connectivity index (χ3n) is 3.17. The minimum atomic E-state index is -0.520. The Kier molecular flexibility index (Phi) is 8.11. The summed E-state index contributed by atoms with van der Waals surface area (Å²) >= 11 is 0. The Morgan fingerprint density at radius 3 is 2.80 bits per heavy atom. The average molecular weight is 278 g/mol. The zero-order valence-electron chi connectivity index (χ0n) is 12.3. The normalized spacial score (nSPS) is 12.3. The molecule has 1 aromatic carbocycles. The molecule has 1 rings (SSSR count). The molecule has 0 radical (unpaired) electrons. The van der Waals surface area contributed by atoms with Gasteiger partial charge in [0.2, 0.25) is 0 Å². The molecule has 1 aromatic rings. The van der Waals surface area contributed by atoms with Crippen molar-refractivity contribution in [2.45, 2.75) is 46.1 Å². The molecule has 0 heterocycles. The van der Waals surface area contributed by atoms with Gasteiger partial charge in [0.15, 0.2) is 0 Å². The summed E-state index contributed by atoms with van der Waals surface area (Å²) in [6.07, 6.45) is 5.64. The van der Waals surface area contributed by atoms with Crippen LogP contribution in [0.4, 0.5) is 4.79 Å². The van der Waals surface area contributed by atoms with E-state index >= 15 is 0 Å². The molecule has 112 valence electrons. The number of carbonyl (C=O) groups is 1. The van der Waals surface area contributed by atoms with Gasteiger partial charge in [0.05, 0.1) is 0 Å². The fourth-order valence-electron chi connectivity index (χ4n) is 1.95. The zero-order chi connectivity index (χ0) is 14.6. The number of hydrogen-bond acceptors (Lipinski definition) is 3. The van der Waals surface area contributed by atoms with Crippen LogP contribution in [-0.2, 0) is 11.3 Å². The Labute approximate surface area is 122 Å². The molecule has 0 spiro atoms. The molecular weight excluding hydrogens is 252 g/mol. The smallest absolute Gasteiger partial charge is 0.428 e. The lowest BCUT2D eigenvalue weighted by Crippen LogP contribution is -2.18. The number of benzene rings is 1. The molecule has 1 unspecified atom stereocenters. The van der Waals surface area contributed by atoms with Gasteiger partial charge < -0.3 is 4.74 Å². The fourth-order valence-corrected chi connectivity index (χ4v) is 1.95. The molecule has 4 heteroatoms. The minimum Gasteiger partial charge on any atom is -0.443 e. The molecule has 0 fully saturated rings. The Hall–Kier alpha value is -1.84. The Morgan fingerprint density at radius 2 is 2.15 bits per heavy atom. The highest BCUT2D eigenvalue weighted by atomic mass is 16.5. The summed E-state index contributed by atoms with van der Waals surface area (Å²) in [7, 11) is 0. The lowest BCUT2D eigenvalue weighted by atomic mass is 9.98. The average Bonchev–Trinajstić information content (AvgIpc) is 2.49. The summed E-state index contributed by atoms with van der Waals surface area (Å²) in [4.78, 5) is 11.4. The molecule has 0 saturated heterocycles. The summed E-state index contributed by atoms with van der Waals surface area (Å²) in [5.74, 6) is 0.644. The van der Waals surface area contributed by atoms with E-state index in [2.05, 4.69) is 24.4 Å². The Morgan fingerprint density at radius 1 is 1.40 bits per heavy atom. The number of carbonyl (C=O) groups excluding carboxylic acids is 1. The number of hydrazone groups is 1. The number of hydrogen-bond donors (Lipinski definition) is 1. The quantitative estimate of drug-likeness (QED) is 0.567. The Bertz CT molecular complexity index is 410. The standard InChI is InChI=1S/C16H24N2O2.H2/c1-3-8-14(4-2)11-12-17-18-16(19)20-13-15-9-6-5-7-10-15;/h5-7,9-10,12,14H,3-4,8,11,13H2,1-2H3,(H,18,19);1H/b17-12+;. The molecule has 20 heavy (non-hydrogen) atoms.